The van der Waals surface area contributed by atoms with Crippen LogP contribution in [0.15, 0.2) is 0 Å². The predicted molar refractivity (Wildman–Crippen MR) is 194 cm³/mol. The Morgan fingerprint density at radius 2 is 0.294 bits per heavy atom. The van der Waals surface area contributed by atoms with Gasteiger partial charge in [-0.3, -0.25) is 0 Å². The Kier molecular flexibility index (Phi) is 80.0. The van der Waals surface area contributed by atoms with Gasteiger partial charge in [0.05, 0.1) is 0 Å². The van der Waals surface area contributed by atoms with Crippen molar-refractivity contribution in [2.75, 3.05) is 118 Å². The van der Waals surface area contributed by atoms with Crippen molar-refractivity contribution in [2.24, 2.45) is 0 Å². The first kappa shape index (κ1) is 91.0. The second-order valence-corrected chi connectivity index (χ2v) is 14.4. The zero-order chi connectivity index (χ0) is 45.3. The van der Waals surface area contributed by atoms with Crippen molar-refractivity contribution in [3.63, 3.8) is 0 Å². The molecule has 22 nitrogen and oxygen atoms in total. The molecule has 0 aromatic heterocycles. The van der Waals surface area contributed by atoms with Gasteiger partial charge in [-0.05, 0) is 129 Å². The molecule has 0 aliphatic carbocycles. The van der Waals surface area contributed by atoms with Crippen LogP contribution in [0.25, 0.3) is 0 Å². The number of carbonyl (C=O) groups is 8. The van der Waals surface area contributed by atoms with Crippen molar-refractivity contribution in [1.82, 2.24) is 29.4 Å². The maximum Gasteiger partial charge on any atom is 1.00 e. The summed E-state index contributed by atoms with van der Waals surface area (Å²) < 4.78 is 0. The van der Waals surface area contributed by atoms with Crippen molar-refractivity contribution in [1.29, 1.82) is 0 Å². The number of rotatable bonds is 43. The van der Waals surface area contributed by atoms with E-state index < -0.39 is 47.8 Å². The summed E-state index contributed by atoms with van der Waals surface area (Å²) in [6.45, 7) is 4.54. The van der Waals surface area contributed by atoms with Crippen LogP contribution in [-0.2, 0) is 38.4 Å². The molecule has 30 heteroatoms. The minimum absolute atomic E-state index is 0. The molecular weight excluding hydrogens is 980 g/mol. The van der Waals surface area contributed by atoms with Gasteiger partial charge in [-0.2, -0.15) is 0 Å². The first-order valence-corrected chi connectivity index (χ1v) is 20.3. The Labute approximate surface area is 578 Å². The van der Waals surface area contributed by atoms with Gasteiger partial charge in [0.15, 0.2) is 0 Å². The number of carboxylic acid groups (broad SMARTS) is 8. The summed E-state index contributed by atoms with van der Waals surface area (Å²) in [4.78, 5) is 99.8. The van der Waals surface area contributed by atoms with E-state index in [1.54, 1.807) is 19.6 Å². The summed E-state index contributed by atoms with van der Waals surface area (Å²) in [6.07, 6.45) is -0.553. The summed E-state index contributed by atoms with van der Waals surface area (Å²) in [6, 6.07) is 0. The third-order valence-corrected chi connectivity index (χ3v) is 9.58. The molecule has 0 aliphatic heterocycles. The van der Waals surface area contributed by atoms with E-state index in [1.807, 2.05) is 0 Å². The fourth-order valence-electron chi connectivity index (χ4n) is 6.36. The normalized spacial score (nSPS) is 10.3. The minimum Gasteiger partial charge on any atom is -0.550 e. The zero-order valence-corrected chi connectivity index (χ0v) is 58.4. The molecule has 0 saturated heterocycles. The Bertz CT molecular complexity index is 1080. The van der Waals surface area contributed by atoms with E-state index in [-0.39, 0.29) is 340 Å². The molecule has 0 rings (SSSR count). The molecule has 0 unspecified atom stereocenters. The third-order valence-electron chi connectivity index (χ3n) is 9.58. The molecule has 0 N–H and O–H groups in total. The third kappa shape index (κ3) is 62.1. The SMILES string of the molecule is O=C([O-])CCN(CCCN(CCCN(CCC(=O)[O-])CCC(=O)[O-])CCN(CCCN(CCC(=O)[O-])CCC(=O)[O-])CCCN(CCC(=O)[O-])CCC(=O)[O-])CCC(=O)[O-].[Na+].[Na+].[Na+].[Na+].[Na+].[Na+].[Na+].[Na+]. The summed E-state index contributed by atoms with van der Waals surface area (Å²) in [5.41, 5.74) is 0. The second kappa shape index (κ2) is 59.8. The maximum absolute atomic E-state index is 11.1. The molecule has 0 atom stereocenters. The monoisotopic (exact) mass is 1040 g/mol. The van der Waals surface area contributed by atoms with E-state index in [0.717, 1.165) is 0 Å². The molecule has 0 amide bonds. The van der Waals surface area contributed by atoms with Crippen molar-refractivity contribution >= 4 is 47.8 Å². The molecule has 0 radical (unpaired) electrons. The average Bonchev–Trinajstić information content (AvgIpc) is 3.15. The maximum atomic E-state index is 11.1. The van der Waals surface area contributed by atoms with E-state index in [0.29, 0.717) is 91.1 Å². The Balaban J connectivity index is -0.000000622. The predicted octanol–water partition coefficient (Wildman–Crippen LogP) is -34.5. The van der Waals surface area contributed by atoms with Crippen LogP contribution < -0.4 is 277 Å². The van der Waals surface area contributed by atoms with Crippen LogP contribution in [-0.4, -0.2) is 195 Å². The summed E-state index contributed by atoms with van der Waals surface area (Å²) in [5, 5.41) is 88.9. The number of hydrogen-bond acceptors (Lipinski definition) is 22. The number of aliphatic carboxylic acids is 8. The molecule has 0 saturated carbocycles. The van der Waals surface area contributed by atoms with E-state index in [9.17, 15) is 79.2 Å². The second-order valence-electron chi connectivity index (χ2n) is 14.4. The van der Waals surface area contributed by atoms with E-state index >= 15 is 0 Å². The summed E-state index contributed by atoms with van der Waals surface area (Å²) in [5.74, 6) is -10.3. The Hall–Kier alpha value is 3.52. The number of carboxylic acids is 8. The zero-order valence-electron chi connectivity index (χ0n) is 42.4. The fourth-order valence-corrected chi connectivity index (χ4v) is 6.36. The molecule has 68 heavy (non-hydrogen) atoms. The van der Waals surface area contributed by atoms with Gasteiger partial charge < -0.3 is 109 Å². The standard InChI is InChI=1S/C38H68N6O16.8Na/c45-31(46)5-21-41(22-6-32(47)48)17-1-13-39(14-2-18-42(23-7-33(49)50)24-8-34(51)52)29-30-40(15-3-19-43(25-9-35(53)54)26-10-36(55)56)16-4-20-44(27-11-37(57)58)28-12-38(59)60;;;;;;;;/h1-30H2,(H,45,46)(H,47,48)(H,49,50)(H,51,52)(H,53,54)(H,55,56)(H,57,58)(H,59,60);;;;;;;;/q;8*+1/p-8. The fraction of sp³-hybridized carbons (Fsp3) is 0.789. The van der Waals surface area contributed by atoms with Gasteiger partial charge in [-0.15, -0.1) is 0 Å². The minimum atomic E-state index is -1.29. The largest absolute Gasteiger partial charge is 1.00 e. The van der Waals surface area contributed by atoms with Crippen molar-refractivity contribution in [3.05, 3.63) is 0 Å². The van der Waals surface area contributed by atoms with Gasteiger partial charge in [0, 0.05) is 113 Å². The molecule has 0 spiro atoms. The number of hydrogen-bond donors (Lipinski definition) is 0. The Morgan fingerprint density at radius 1 is 0.191 bits per heavy atom. The van der Waals surface area contributed by atoms with Crippen molar-refractivity contribution in [2.45, 2.75) is 77.0 Å². The summed E-state index contributed by atoms with van der Waals surface area (Å²) in [7, 11) is 0. The van der Waals surface area contributed by atoms with Crippen LogP contribution in [0.5, 0.6) is 0 Å². The molecule has 0 aromatic rings. The molecule has 0 fully saturated rings. The molecule has 346 valence electrons. The van der Waals surface area contributed by atoms with Crippen LogP contribution in [0.2, 0.25) is 0 Å². The number of carbonyl (C=O) groups excluding carboxylic acids is 8. The van der Waals surface area contributed by atoms with Gasteiger partial charge in [-0.25, -0.2) is 0 Å². The van der Waals surface area contributed by atoms with Gasteiger partial charge in [-0.1, -0.05) is 0 Å². The van der Waals surface area contributed by atoms with Gasteiger partial charge in [0.25, 0.3) is 0 Å². The first-order valence-electron chi connectivity index (χ1n) is 20.3. The van der Waals surface area contributed by atoms with E-state index in [1.165, 1.54) is 0 Å². The molecule has 0 heterocycles. The molecular formula is C38H60N6Na8O16. The topological polar surface area (TPSA) is 340 Å². The van der Waals surface area contributed by atoms with Gasteiger partial charge >= 0.3 is 236 Å². The summed E-state index contributed by atoms with van der Waals surface area (Å²) >= 11 is 0. The smallest absolute Gasteiger partial charge is 0.550 e. The van der Waals surface area contributed by atoms with Crippen LogP contribution in [0.3, 0.4) is 0 Å². The van der Waals surface area contributed by atoms with Gasteiger partial charge in [0.2, 0.25) is 0 Å². The van der Waals surface area contributed by atoms with Crippen molar-refractivity contribution in [3.8, 4) is 0 Å². The van der Waals surface area contributed by atoms with Crippen LogP contribution in [0.4, 0.5) is 0 Å². The van der Waals surface area contributed by atoms with Gasteiger partial charge in [0.1, 0.15) is 0 Å². The van der Waals surface area contributed by atoms with Crippen LogP contribution >= 0.6 is 0 Å². The first-order chi connectivity index (χ1) is 28.4. The van der Waals surface area contributed by atoms with E-state index in [2.05, 4.69) is 9.80 Å². The molecule has 0 bridgehead atoms. The molecule has 0 aromatic carbocycles. The van der Waals surface area contributed by atoms with Crippen LogP contribution in [0, 0.1) is 0 Å². The molecule has 0 aliphatic rings. The van der Waals surface area contributed by atoms with Crippen LogP contribution in [0.1, 0.15) is 77.0 Å². The number of nitrogens with zero attached hydrogens (tertiary/aromatic N) is 6. The Morgan fingerprint density at radius 3 is 0.397 bits per heavy atom. The average molecular weight is 1040 g/mol. The quantitative estimate of drug-likeness (QED) is 0.0512. The van der Waals surface area contributed by atoms with Crippen molar-refractivity contribution < 1.29 is 316 Å². The van der Waals surface area contributed by atoms with E-state index in [4.69, 9.17) is 0 Å².